The van der Waals surface area contributed by atoms with Crippen LogP contribution in [0.5, 0.6) is 23.0 Å². The van der Waals surface area contributed by atoms with Gasteiger partial charge in [0, 0.05) is 23.7 Å². The first-order valence-electron chi connectivity index (χ1n) is 12.1. The van der Waals surface area contributed by atoms with E-state index < -0.39 is 18.8 Å². The lowest BCUT2D eigenvalue weighted by Gasteiger charge is -2.22. The molecule has 0 aliphatic heterocycles. The predicted octanol–water partition coefficient (Wildman–Crippen LogP) is 6.57. The van der Waals surface area contributed by atoms with Crippen molar-refractivity contribution in [3.05, 3.63) is 75.2 Å². The Morgan fingerprint density at radius 1 is 1.02 bits per heavy atom. The van der Waals surface area contributed by atoms with Gasteiger partial charge in [-0.3, -0.25) is 5.32 Å². The zero-order valence-electron chi connectivity index (χ0n) is 21.5. The highest BCUT2D eigenvalue weighted by molar-refractivity contribution is 6.35. The molecule has 9 nitrogen and oxygen atoms in total. The number of anilines is 1. The van der Waals surface area contributed by atoms with Crippen LogP contribution in [0.4, 0.5) is 19.3 Å². The summed E-state index contributed by atoms with van der Waals surface area (Å²) in [6.45, 7) is -2.73. The van der Waals surface area contributed by atoms with Crippen molar-refractivity contribution in [1.82, 2.24) is 0 Å². The molecule has 40 heavy (non-hydrogen) atoms. The third-order valence-corrected chi connectivity index (χ3v) is 6.71. The second-order valence-electron chi connectivity index (χ2n) is 8.92. The SMILES string of the molecule is COc1ccc(NC(=O)O[C@@H](Cc2c(Cl)c[n+]([O-])cc2Cl)c2ccc(OC(F)F)c(OCC3CC3)c2)cc1OC. The third kappa shape index (κ3) is 7.70. The smallest absolute Gasteiger partial charge is 0.412 e. The normalized spacial score (nSPS) is 13.5. The minimum absolute atomic E-state index is 0.0467. The number of benzene rings is 2. The molecule has 1 aromatic heterocycles. The summed E-state index contributed by atoms with van der Waals surface area (Å²) in [7, 11) is 2.94. The summed E-state index contributed by atoms with van der Waals surface area (Å²) in [6.07, 6.45) is 2.29. The second kappa shape index (κ2) is 13.1. The minimum Gasteiger partial charge on any atom is -0.619 e. The van der Waals surface area contributed by atoms with Crippen LogP contribution >= 0.6 is 23.2 Å². The molecule has 13 heteroatoms. The van der Waals surface area contributed by atoms with Crippen LogP contribution in [0.2, 0.25) is 10.0 Å². The van der Waals surface area contributed by atoms with E-state index in [9.17, 15) is 18.8 Å². The van der Waals surface area contributed by atoms with Crippen LogP contribution in [-0.2, 0) is 11.2 Å². The highest BCUT2D eigenvalue weighted by atomic mass is 35.5. The number of nitrogens with one attached hydrogen (secondary N) is 1. The Labute approximate surface area is 239 Å². The Morgan fingerprint density at radius 3 is 2.33 bits per heavy atom. The number of carbonyl (C=O) groups is 1. The molecule has 0 spiro atoms. The average molecular weight is 599 g/mol. The monoisotopic (exact) mass is 598 g/mol. The fraction of sp³-hybridized carbons (Fsp3) is 0.333. The fourth-order valence-electron chi connectivity index (χ4n) is 3.85. The van der Waals surface area contributed by atoms with E-state index in [0.717, 1.165) is 25.2 Å². The lowest BCUT2D eigenvalue weighted by atomic mass is 10.0. The van der Waals surface area contributed by atoms with Gasteiger partial charge in [0.1, 0.15) is 16.1 Å². The van der Waals surface area contributed by atoms with Gasteiger partial charge in [-0.25, -0.2) is 4.79 Å². The van der Waals surface area contributed by atoms with E-state index in [1.165, 1.54) is 32.4 Å². The number of aromatic nitrogens is 1. The highest BCUT2D eigenvalue weighted by Gasteiger charge is 2.26. The zero-order chi connectivity index (χ0) is 28.8. The van der Waals surface area contributed by atoms with Crippen LogP contribution < -0.4 is 29.0 Å². The Balaban J connectivity index is 1.64. The van der Waals surface area contributed by atoms with Gasteiger partial charge in [-0.1, -0.05) is 29.3 Å². The van der Waals surface area contributed by atoms with Crippen molar-refractivity contribution in [2.24, 2.45) is 5.92 Å². The largest absolute Gasteiger partial charge is 0.619 e. The van der Waals surface area contributed by atoms with Crippen LogP contribution in [0.25, 0.3) is 0 Å². The summed E-state index contributed by atoms with van der Waals surface area (Å²) in [4.78, 5) is 13.0. The van der Waals surface area contributed by atoms with Crippen LogP contribution in [-0.4, -0.2) is 33.5 Å². The molecule has 1 fully saturated rings. The van der Waals surface area contributed by atoms with E-state index in [2.05, 4.69) is 10.1 Å². The molecule has 1 saturated carbocycles. The van der Waals surface area contributed by atoms with Crippen molar-refractivity contribution >= 4 is 35.0 Å². The van der Waals surface area contributed by atoms with E-state index >= 15 is 0 Å². The third-order valence-electron chi connectivity index (χ3n) is 6.05. The molecule has 3 aromatic rings. The van der Waals surface area contributed by atoms with E-state index in [0.29, 0.717) is 45.6 Å². The van der Waals surface area contributed by atoms with Crippen molar-refractivity contribution in [2.75, 3.05) is 26.1 Å². The maximum atomic E-state index is 13.0. The first-order chi connectivity index (χ1) is 19.2. The molecule has 0 bridgehead atoms. The molecule has 4 rings (SSSR count). The van der Waals surface area contributed by atoms with Crippen molar-refractivity contribution in [1.29, 1.82) is 0 Å². The summed E-state index contributed by atoms with van der Waals surface area (Å²) < 4.78 is 53.2. The summed E-state index contributed by atoms with van der Waals surface area (Å²) in [6, 6.07) is 9.00. The minimum atomic E-state index is -3.06. The van der Waals surface area contributed by atoms with Crippen molar-refractivity contribution in [2.45, 2.75) is 32.0 Å². The molecule has 1 aliphatic carbocycles. The number of hydrogen-bond acceptors (Lipinski definition) is 7. The lowest BCUT2D eigenvalue weighted by molar-refractivity contribution is -0.605. The molecule has 0 saturated heterocycles. The molecule has 2 aromatic carbocycles. The Hall–Kier alpha value is -3.70. The Bertz CT molecular complexity index is 1340. The molecule has 214 valence electrons. The number of nitrogens with zero attached hydrogens (tertiary/aromatic N) is 1. The number of halogens is 4. The van der Waals surface area contributed by atoms with E-state index in [-0.39, 0.29) is 28.0 Å². The van der Waals surface area contributed by atoms with Crippen molar-refractivity contribution < 1.29 is 42.0 Å². The van der Waals surface area contributed by atoms with Gasteiger partial charge in [-0.15, -0.1) is 0 Å². The molecule has 1 aliphatic rings. The van der Waals surface area contributed by atoms with Crippen LogP contribution in [0.15, 0.2) is 48.8 Å². The Morgan fingerprint density at radius 2 is 1.70 bits per heavy atom. The van der Waals surface area contributed by atoms with Crippen LogP contribution in [0.1, 0.15) is 30.1 Å². The average Bonchev–Trinajstić information content (AvgIpc) is 3.73. The number of methoxy groups -OCH3 is 2. The zero-order valence-corrected chi connectivity index (χ0v) is 23.0. The molecule has 1 heterocycles. The molecule has 0 unspecified atom stereocenters. The molecular formula is C27H26Cl2F2N2O7. The lowest BCUT2D eigenvalue weighted by Crippen LogP contribution is -2.26. The van der Waals surface area contributed by atoms with Crippen LogP contribution in [0, 0.1) is 11.1 Å². The van der Waals surface area contributed by atoms with Gasteiger partial charge in [0.25, 0.3) is 0 Å². The molecule has 1 atom stereocenters. The van der Waals surface area contributed by atoms with Crippen molar-refractivity contribution in [3.63, 3.8) is 0 Å². The maximum absolute atomic E-state index is 13.0. The Kier molecular flexibility index (Phi) is 9.59. The quantitative estimate of drug-likeness (QED) is 0.186. The molecule has 1 amide bonds. The molecular weight excluding hydrogens is 573 g/mol. The fourth-order valence-corrected chi connectivity index (χ4v) is 4.45. The number of ether oxygens (including phenoxy) is 5. The summed E-state index contributed by atoms with van der Waals surface area (Å²) in [5.74, 6) is 1.10. The predicted molar refractivity (Wildman–Crippen MR) is 143 cm³/mol. The van der Waals surface area contributed by atoms with Gasteiger partial charge in [0.05, 0.1) is 20.8 Å². The molecule has 0 radical (unpaired) electrons. The topological polar surface area (TPSA) is 102 Å². The number of pyridine rings is 1. The van der Waals surface area contributed by atoms with Gasteiger partial charge in [0.2, 0.25) is 0 Å². The van der Waals surface area contributed by atoms with E-state index in [1.54, 1.807) is 18.2 Å². The highest BCUT2D eigenvalue weighted by Crippen LogP contribution is 2.38. The first-order valence-corrected chi connectivity index (χ1v) is 12.9. The van der Waals surface area contributed by atoms with E-state index in [1.807, 2.05) is 0 Å². The van der Waals surface area contributed by atoms with Gasteiger partial charge < -0.3 is 28.9 Å². The number of alkyl halides is 2. The van der Waals surface area contributed by atoms with Gasteiger partial charge in [-0.05, 0) is 48.6 Å². The maximum Gasteiger partial charge on any atom is 0.412 e. The second-order valence-corrected chi connectivity index (χ2v) is 9.74. The summed E-state index contributed by atoms with van der Waals surface area (Å²) >= 11 is 12.6. The van der Waals surface area contributed by atoms with Crippen LogP contribution in [0.3, 0.4) is 0 Å². The summed E-state index contributed by atoms with van der Waals surface area (Å²) in [5.41, 5.74) is 1.09. The number of hydrogen-bond donors (Lipinski definition) is 1. The van der Waals surface area contributed by atoms with Gasteiger partial charge >= 0.3 is 12.7 Å². The van der Waals surface area contributed by atoms with E-state index in [4.69, 9.17) is 42.1 Å². The summed E-state index contributed by atoms with van der Waals surface area (Å²) in [5, 5.41) is 14.5. The number of rotatable bonds is 12. The number of carbonyl (C=O) groups excluding carboxylic acids is 1. The van der Waals surface area contributed by atoms with Gasteiger partial charge in [-0.2, -0.15) is 13.5 Å². The molecule has 1 N–H and O–H groups in total. The van der Waals surface area contributed by atoms with Crippen molar-refractivity contribution in [3.8, 4) is 23.0 Å². The van der Waals surface area contributed by atoms with Gasteiger partial charge in [0.15, 0.2) is 35.4 Å². The number of amides is 1. The standard InChI is InChI=1S/C27H26Cl2F2N2O7/c1-36-21-8-6-17(10-24(21)37-2)32-27(34)40-23(11-18-19(28)12-33(35)13-20(18)29)16-5-7-22(39-26(30)31)25(9-16)38-14-15-3-4-15/h5-10,12-13,15,23,26H,3-4,11,14H2,1-2H3,(H,32,34)/t23-/m0/s1. The first kappa shape index (κ1) is 29.3.